The van der Waals surface area contributed by atoms with E-state index in [4.69, 9.17) is 0 Å². The smallest absolute Gasteiger partial charge is 0.237 e. The van der Waals surface area contributed by atoms with Crippen LogP contribution in [-0.4, -0.2) is 29.8 Å². The lowest BCUT2D eigenvalue weighted by molar-refractivity contribution is -0.149. The molecule has 0 aromatic heterocycles. The van der Waals surface area contributed by atoms with Crippen LogP contribution in [-0.2, 0) is 16.1 Å². The minimum atomic E-state index is -1.02. The van der Waals surface area contributed by atoms with Gasteiger partial charge in [-0.3, -0.25) is 9.59 Å². The van der Waals surface area contributed by atoms with Crippen molar-refractivity contribution in [2.45, 2.75) is 47.1 Å². The molecule has 1 aromatic carbocycles. The average Bonchev–Trinajstić information content (AvgIpc) is 2.53. The molecule has 23 heavy (non-hydrogen) atoms. The maximum absolute atomic E-state index is 12.7. The van der Waals surface area contributed by atoms with E-state index in [0.717, 1.165) is 37.1 Å². The van der Waals surface area contributed by atoms with Gasteiger partial charge in [-0.1, -0.05) is 31.2 Å². The molecular formula is C19H28N2O2. The number of benzene rings is 1. The van der Waals surface area contributed by atoms with Crippen LogP contribution in [0.2, 0.25) is 0 Å². The normalized spacial score (nSPS) is 16.3. The van der Waals surface area contributed by atoms with Crippen molar-refractivity contribution in [1.29, 1.82) is 0 Å². The van der Waals surface area contributed by atoms with E-state index in [2.05, 4.69) is 12.2 Å². The molecule has 126 valence electrons. The van der Waals surface area contributed by atoms with Gasteiger partial charge in [-0.15, -0.1) is 0 Å². The summed E-state index contributed by atoms with van der Waals surface area (Å²) in [6.45, 7) is 9.65. The molecule has 1 heterocycles. The van der Waals surface area contributed by atoms with Gasteiger partial charge in [0.15, 0.2) is 0 Å². The third-order valence-electron chi connectivity index (χ3n) is 4.87. The fourth-order valence-electron chi connectivity index (χ4n) is 2.91. The molecule has 2 rings (SSSR count). The Bertz CT molecular complexity index is 572. The van der Waals surface area contributed by atoms with Crippen molar-refractivity contribution < 1.29 is 9.59 Å². The molecule has 4 heteroatoms. The first kappa shape index (κ1) is 17.5. The Morgan fingerprint density at radius 1 is 1.22 bits per heavy atom. The summed E-state index contributed by atoms with van der Waals surface area (Å²) in [5.74, 6) is 0.396. The summed E-state index contributed by atoms with van der Waals surface area (Å²) in [6, 6.07) is 7.95. The first-order valence-corrected chi connectivity index (χ1v) is 8.44. The van der Waals surface area contributed by atoms with Gasteiger partial charge in [0, 0.05) is 19.6 Å². The first-order chi connectivity index (χ1) is 10.8. The van der Waals surface area contributed by atoms with E-state index in [-0.39, 0.29) is 11.8 Å². The predicted molar refractivity (Wildman–Crippen MR) is 91.8 cm³/mol. The molecule has 1 saturated heterocycles. The van der Waals surface area contributed by atoms with E-state index >= 15 is 0 Å². The number of nitrogens with zero attached hydrogens (tertiary/aromatic N) is 1. The van der Waals surface area contributed by atoms with Gasteiger partial charge in [0.05, 0.1) is 0 Å². The molecule has 0 aliphatic carbocycles. The Morgan fingerprint density at radius 3 is 2.43 bits per heavy atom. The van der Waals surface area contributed by atoms with Gasteiger partial charge in [-0.05, 0) is 50.7 Å². The highest BCUT2D eigenvalue weighted by atomic mass is 16.2. The second-order valence-corrected chi connectivity index (χ2v) is 7.21. The molecule has 0 radical (unpaired) electrons. The lowest BCUT2D eigenvalue weighted by Crippen LogP contribution is -2.51. The largest absolute Gasteiger partial charge is 0.351 e. The van der Waals surface area contributed by atoms with Crippen molar-refractivity contribution in [3.8, 4) is 0 Å². The van der Waals surface area contributed by atoms with Gasteiger partial charge < -0.3 is 10.2 Å². The van der Waals surface area contributed by atoms with Gasteiger partial charge in [0.1, 0.15) is 5.41 Å². The highest BCUT2D eigenvalue weighted by molar-refractivity contribution is 6.04. The number of carbonyl (C=O) groups excluding carboxylic acids is 2. The lowest BCUT2D eigenvalue weighted by atomic mass is 9.88. The minimum absolute atomic E-state index is 0.0633. The van der Waals surface area contributed by atoms with Gasteiger partial charge in [-0.2, -0.15) is 0 Å². The van der Waals surface area contributed by atoms with Crippen LogP contribution in [0.25, 0.3) is 0 Å². The molecule has 1 aliphatic heterocycles. The number of carbonyl (C=O) groups is 2. The second kappa shape index (κ2) is 7.16. The first-order valence-electron chi connectivity index (χ1n) is 8.44. The Kier molecular flexibility index (Phi) is 5.45. The molecule has 1 N–H and O–H groups in total. The van der Waals surface area contributed by atoms with Crippen molar-refractivity contribution in [3.05, 3.63) is 35.4 Å². The summed E-state index contributed by atoms with van der Waals surface area (Å²) in [4.78, 5) is 27.1. The Balaban J connectivity index is 1.96. The number of aryl methyl sites for hydroxylation is 1. The lowest BCUT2D eigenvalue weighted by Gasteiger charge is -2.35. The Hall–Kier alpha value is -1.84. The molecule has 0 saturated carbocycles. The van der Waals surface area contributed by atoms with E-state index in [1.54, 1.807) is 13.8 Å². The fraction of sp³-hybridized carbons (Fsp3) is 0.579. The molecule has 0 unspecified atom stereocenters. The molecule has 0 spiro atoms. The monoisotopic (exact) mass is 316 g/mol. The highest BCUT2D eigenvalue weighted by Gasteiger charge is 2.39. The van der Waals surface area contributed by atoms with Crippen molar-refractivity contribution in [3.63, 3.8) is 0 Å². The number of piperidine rings is 1. The quantitative estimate of drug-likeness (QED) is 0.868. The van der Waals surface area contributed by atoms with E-state index in [0.29, 0.717) is 12.5 Å². The van der Waals surface area contributed by atoms with E-state index < -0.39 is 5.41 Å². The van der Waals surface area contributed by atoms with Crippen LogP contribution in [0.5, 0.6) is 0 Å². The van der Waals surface area contributed by atoms with Crippen molar-refractivity contribution >= 4 is 11.8 Å². The number of hydrogen-bond acceptors (Lipinski definition) is 2. The minimum Gasteiger partial charge on any atom is -0.351 e. The average molecular weight is 316 g/mol. The molecular weight excluding hydrogens is 288 g/mol. The number of amides is 2. The van der Waals surface area contributed by atoms with Crippen molar-refractivity contribution in [2.24, 2.45) is 11.3 Å². The van der Waals surface area contributed by atoms with E-state index in [9.17, 15) is 9.59 Å². The standard InChI is InChI=1S/C19H28N2O2/c1-14-9-11-21(12-10-14)18(23)19(3,4)17(22)20-13-16-8-6-5-7-15(16)2/h5-8,14H,9-13H2,1-4H3,(H,20,22). The van der Waals surface area contributed by atoms with Crippen LogP contribution in [0.1, 0.15) is 44.7 Å². The maximum atomic E-state index is 12.7. The second-order valence-electron chi connectivity index (χ2n) is 7.21. The molecule has 1 fully saturated rings. The van der Waals surface area contributed by atoms with Gasteiger partial charge >= 0.3 is 0 Å². The number of nitrogens with one attached hydrogen (secondary N) is 1. The molecule has 1 aliphatic rings. The Labute approximate surface area is 139 Å². The molecule has 1 aromatic rings. The Morgan fingerprint density at radius 2 is 1.83 bits per heavy atom. The summed E-state index contributed by atoms with van der Waals surface area (Å²) in [5, 5.41) is 2.92. The van der Waals surface area contributed by atoms with Crippen LogP contribution in [0.15, 0.2) is 24.3 Å². The van der Waals surface area contributed by atoms with E-state index in [1.165, 1.54) is 0 Å². The maximum Gasteiger partial charge on any atom is 0.237 e. The van der Waals surface area contributed by atoms with Crippen LogP contribution in [0.3, 0.4) is 0 Å². The molecule has 2 amide bonds. The molecule has 0 atom stereocenters. The topological polar surface area (TPSA) is 49.4 Å². The summed E-state index contributed by atoms with van der Waals surface area (Å²) in [5.41, 5.74) is 1.20. The third kappa shape index (κ3) is 4.12. The van der Waals surface area contributed by atoms with E-state index in [1.807, 2.05) is 36.1 Å². The van der Waals surface area contributed by atoms with Crippen molar-refractivity contribution in [1.82, 2.24) is 10.2 Å². The molecule has 0 bridgehead atoms. The molecule has 4 nitrogen and oxygen atoms in total. The zero-order valence-corrected chi connectivity index (χ0v) is 14.7. The van der Waals surface area contributed by atoms with Gasteiger partial charge in [-0.25, -0.2) is 0 Å². The van der Waals surface area contributed by atoms with Crippen LogP contribution in [0, 0.1) is 18.3 Å². The summed E-state index contributed by atoms with van der Waals surface area (Å²) < 4.78 is 0. The van der Waals surface area contributed by atoms with Crippen LogP contribution < -0.4 is 5.32 Å². The van der Waals surface area contributed by atoms with Crippen LogP contribution >= 0.6 is 0 Å². The summed E-state index contributed by atoms with van der Waals surface area (Å²) in [6.07, 6.45) is 2.04. The third-order valence-corrected chi connectivity index (χ3v) is 4.87. The number of rotatable bonds is 4. The summed E-state index contributed by atoms with van der Waals surface area (Å²) >= 11 is 0. The van der Waals surface area contributed by atoms with Crippen LogP contribution in [0.4, 0.5) is 0 Å². The fourth-order valence-corrected chi connectivity index (χ4v) is 2.91. The zero-order chi connectivity index (χ0) is 17.0. The summed E-state index contributed by atoms with van der Waals surface area (Å²) in [7, 11) is 0. The van der Waals surface area contributed by atoms with Gasteiger partial charge in [0.2, 0.25) is 11.8 Å². The predicted octanol–water partition coefficient (Wildman–Crippen LogP) is 2.90. The number of hydrogen-bond donors (Lipinski definition) is 1. The highest BCUT2D eigenvalue weighted by Crippen LogP contribution is 2.24. The van der Waals surface area contributed by atoms with Gasteiger partial charge in [0.25, 0.3) is 0 Å². The number of likely N-dealkylation sites (tertiary alicyclic amines) is 1. The SMILES string of the molecule is Cc1ccccc1CNC(=O)C(C)(C)C(=O)N1CCC(C)CC1. The van der Waals surface area contributed by atoms with Crippen molar-refractivity contribution in [2.75, 3.05) is 13.1 Å². The zero-order valence-electron chi connectivity index (χ0n) is 14.7.